The summed E-state index contributed by atoms with van der Waals surface area (Å²) in [4.78, 5) is 4.59. The van der Waals surface area contributed by atoms with Gasteiger partial charge in [-0.1, -0.05) is 24.3 Å². The Balaban J connectivity index is 1.83. The van der Waals surface area contributed by atoms with Crippen molar-refractivity contribution in [3.05, 3.63) is 66.4 Å². The summed E-state index contributed by atoms with van der Waals surface area (Å²) in [5, 5.41) is 11.5. The fourth-order valence-corrected chi connectivity index (χ4v) is 3.63. The lowest BCUT2D eigenvalue weighted by Crippen LogP contribution is -1.97. The Hall–Kier alpha value is -3.87. The zero-order valence-corrected chi connectivity index (χ0v) is 15.3. The largest absolute Gasteiger partial charge is 0.497 e. The molecule has 2 heterocycles. The highest BCUT2D eigenvalue weighted by molar-refractivity contribution is 6.12. The molecule has 1 aliphatic rings. The Bertz CT molecular complexity index is 1360. The first kappa shape index (κ1) is 17.2. The second-order valence-electron chi connectivity index (χ2n) is 6.73. The molecule has 5 nitrogen and oxygen atoms in total. The van der Waals surface area contributed by atoms with Crippen LogP contribution in [0.4, 0.5) is 14.5 Å². The van der Waals surface area contributed by atoms with E-state index in [0.29, 0.717) is 27.5 Å². The first-order chi connectivity index (χ1) is 14.0. The van der Waals surface area contributed by atoms with Gasteiger partial charge in [0.1, 0.15) is 17.4 Å². The molecule has 0 spiro atoms. The average Bonchev–Trinajstić information content (AvgIpc) is 2.96. The van der Waals surface area contributed by atoms with E-state index in [2.05, 4.69) is 4.98 Å². The number of halogens is 2. The smallest absolute Gasteiger partial charge is 0.207 e. The number of nitrogens with two attached hydrogens (primary N) is 1. The van der Waals surface area contributed by atoms with Crippen LogP contribution in [0.15, 0.2) is 54.8 Å². The van der Waals surface area contributed by atoms with Crippen molar-refractivity contribution < 1.29 is 18.6 Å². The fourth-order valence-electron chi connectivity index (χ4n) is 3.63. The maximum atomic E-state index is 14.7. The second-order valence-corrected chi connectivity index (χ2v) is 6.73. The van der Waals surface area contributed by atoms with E-state index in [0.717, 1.165) is 17.8 Å². The summed E-state index contributed by atoms with van der Waals surface area (Å²) < 4.78 is 35.9. The Morgan fingerprint density at radius 1 is 1.17 bits per heavy atom. The lowest BCUT2D eigenvalue weighted by Gasteiger charge is -2.12. The number of ether oxygens (including phenoxy) is 1. The number of aromatic hydroxyl groups is 1. The molecular formula is C22H15F2N3O2. The molecule has 5 rings (SSSR count). The quantitative estimate of drug-likeness (QED) is 0.524. The molecule has 1 aliphatic carbocycles. The number of methoxy groups -OCH3 is 1. The van der Waals surface area contributed by atoms with Crippen molar-refractivity contribution in [2.24, 2.45) is 0 Å². The van der Waals surface area contributed by atoms with Crippen LogP contribution in [0.1, 0.15) is 0 Å². The number of aromatic nitrogens is 2. The Labute approximate surface area is 164 Å². The SMILES string of the molecule is COc1cc(F)c(-c2cccc3c(N)c4c(O)n(C5=CC=C5)cc4nc23)c(F)c1. The van der Waals surface area contributed by atoms with E-state index in [1.165, 1.54) is 7.11 Å². The number of benzene rings is 2. The molecule has 29 heavy (non-hydrogen) atoms. The number of anilines is 1. The van der Waals surface area contributed by atoms with Gasteiger partial charge in [-0.05, 0) is 12.2 Å². The summed E-state index contributed by atoms with van der Waals surface area (Å²) in [6, 6.07) is 7.19. The zero-order chi connectivity index (χ0) is 20.3. The van der Waals surface area contributed by atoms with E-state index in [1.54, 1.807) is 29.0 Å². The predicted octanol–water partition coefficient (Wildman–Crippen LogP) is 4.84. The van der Waals surface area contributed by atoms with Gasteiger partial charge < -0.3 is 15.6 Å². The molecule has 0 saturated heterocycles. The Morgan fingerprint density at radius 3 is 2.52 bits per heavy atom. The van der Waals surface area contributed by atoms with Crippen molar-refractivity contribution in [1.29, 1.82) is 0 Å². The number of fused-ring (bicyclic) bond motifs is 2. The molecule has 0 unspecified atom stereocenters. The summed E-state index contributed by atoms with van der Waals surface area (Å²) in [7, 11) is 1.34. The van der Waals surface area contributed by atoms with Gasteiger partial charge in [0.2, 0.25) is 5.88 Å². The van der Waals surface area contributed by atoms with Gasteiger partial charge in [-0.3, -0.25) is 4.57 Å². The molecular weight excluding hydrogens is 376 g/mol. The highest BCUT2D eigenvalue weighted by Crippen LogP contribution is 2.41. The molecule has 0 bridgehead atoms. The third-order valence-electron chi connectivity index (χ3n) is 5.12. The molecule has 0 amide bonds. The number of allylic oxidation sites excluding steroid dienone is 4. The lowest BCUT2D eigenvalue weighted by atomic mass is 9.99. The predicted molar refractivity (Wildman–Crippen MR) is 109 cm³/mol. The molecule has 0 aliphatic heterocycles. The molecule has 0 radical (unpaired) electrons. The summed E-state index contributed by atoms with van der Waals surface area (Å²) >= 11 is 0. The van der Waals surface area contributed by atoms with Gasteiger partial charge in [0.15, 0.2) is 0 Å². The zero-order valence-electron chi connectivity index (χ0n) is 15.3. The number of hydrogen-bond acceptors (Lipinski definition) is 4. The molecule has 2 aromatic heterocycles. The number of rotatable bonds is 3. The summed E-state index contributed by atoms with van der Waals surface area (Å²) in [5.41, 5.74) is 8.25. The maximum absolute atomic E-state index is 14.7. The van der Waals surface area contributed by atoms with E-state index < -0.39 is 11.6 Å². The summed E-state index contributed by atoms with van der Waals surface area (Å²) in [6.45, 7) is 0. The van der Waals surface area contributed by atoms with E-state index in [-0.39, 0.29) is 22.8 Å². The number of nitrogen functional groups attached to an aromatic ring is 1. The van der Waals surface area contributed by atoms with Gasteiger partial charge >= 0.3 is 0 Å². The molecule has 4 aromatic rings. The maximum Gasteiger partial charge on any atom is 0.207 e. The van der Waals surface area contributed by atoms with Crippen molar-refractivity contribution in [3.8, 4) is 22.8 Å². The summed E-state index contributed by atoms with van der Waals surface area (Å²) in [6.07, 6.45) is 7.16. The van der Waals surface area contributed by atoms with Crippen LogP contribution in [-0.4, -0.2) is 21.8 Å². The van der Waals surface area contributed by atoms with Crippen LogP contribution >= 0.6 is 0 Å². The van der Waals surface area contributed by atoms with Crippen LogP contribution in [0, 0.1) is 11.6 Å². The molecule has 144 valence electrons. The second kappa shape index (κ2) is 6.07. The van der Waals surface area contributed by atoms with E-state index in [9.17, 15) is 13.9 Å². The number of para-hydroxylation sites is 1. The number of hydrogen-bond donors (Lipinski definition) is 2. The number of pyridine rings is 1. The third kappa shape index (κ3) is 2.40. The Morgan fingerprint density at radius 2 is 1.90 bits per heavy atom. The number of nitrogens with zero attached hydrogens (tertiary/aromatic N) is 2. The van der Waals surface area contributed by atoms with Gasteiger partial charge in [-0.15, -0.1) is 0 Å². The minimum atomic E-state index is -0.764. The van der Waals surface area contributed by atoms with Crippen LogP contribution in [-0.2, 0) is 0 Å². The van der Waals surface area contributed by atoms with Crippen molar-refractivity contribution in [2.75, 3.05) is 12.8 Å². The van der Waals surface area contributed by atoms with Crippen LogP contribution < -0.4 is 10.5 Å². The lowest BCUT2D eigenvalue weighted by molar-refractivity contribution is 0.407. The van der Waals surface area contributed by atoms with Crippen LogP contribution in [0.3, 0.4) is 0 Å². The molecule has 0 fully saturated rings. The molecule has 3 N–H and O–H groups in total. The molecule has 2 aromatic carbocycles. The van der Waals surface area contributed by atoms with Crippen LogP contribution in [0.2, 0.25) is 0 Å². The summed E-state index contributed by atoms with van der Waals surface area (Å²) in [5.74, 6) is -1.47. The van der Waals surface area contributed by atoms with Crippen molar-refractivity contribution in [3.63, 3.8) is 0 Å². The fraction of sp³-hybridized carbons (Fsp3) is 0.0455. The van der Waals surface area contributed by atoms with Crippen LogP contribution in [0.5, 0.6) is 11.6 Å². The topological polar surface area (TPSA) is 73.3 Å². The van der Waals surface area contributed by atoms with E-state index in [4.69, 9.17) is 10.5 Å². The van der Waals surface area contributed by atoms with Gasteiger partial charge in [0.25, 0.3) is 0 Å². The van der Waals surface area contributed by atoms with Crippen molar-refractivity contribution >= 4 is 33.2 Å². The van der Waals surface area contributed by atoms with Gasteiger partial charge in [-0.2, -0.15) is 0 Å². The van der Waals surface area contributed by atoms with Gasteiger partial charge in [-0.25, -0.2) is 13.8 Å². The van der Waals surface area contributed by atoms with Crippen LogP contribution in [0.25, 0.3) is 38.6 Å². The van der Waals surface area contributed by atoms with Crippen molar-refractivity contribution in [2.45, 2.75) is 0 Å². The Kier molecular flexibility index (Phi) is 3.61. The van der Waals surface area contributed by atoms with Crippen molar-refractivity contribution in [1.82, 2.24) is 9.55 Å². The normalized spacial score (nSPS) is 13.0. The molecule has 7 heteroatoms. The minimum Gasteiger partial charge on any atom is -0.497 e. The molecule has 0 atom stereocenters. The highest BCUT2D eigenvalue weighted by atomic mass is 19.1. The van der Waals surface area contributed by atoms with Gasteiger partial charge in [0.05, 0.1) is 34.8 Å². The minimum absolute atomic E-state index is 0.0327. The third-order valence-corrected chi connectivity index (χ3v) is 5.12. The van der Waals surface area contributed by atoms with Gasteiger partial charge in [0, 0.05) is 35.0 Å². The van der Waals surface area contributed by atoms with E-state index >= 15 is 0 Å². The first-order valence-electron chi connectivity index (χ1n) is 8.84. The highest BCUT2D eigenvalue weighted by Gasteiger charge is 2.21. The first-order valence-corrected chi connectivity index (χ1v) is 8.84. The molecule has 0 saturated carbocycles. The standard InChI is InChI=1S/C22H15F2N3O2/c1-29-12-8-15(23)18(16(24)9-12)13-6-3-7-14-20(25)19-17(26-21(13)14)10-27(22(19)28)11-4-2-5-11/h2-10,28H,25H2,1H3. The monoisotopic (exact) mass is 391 g/mol. The van der Waals surface area contributed by atoms with E-state index in [1.807, 2.05) is 18.2 Å². The average molecular weight is 391 g/mol.